The molecular weight excluding hydrogens is 762 g/mol. The van der Waals surface area contributed by atoms with Crippen LogP contribution in [0.25, 0.3) is 0 Å². The average Bonchev–Trinajstić information content (AvgIpc) is 3.14. The fraction of sp³-hybridized carbons (Fsp3) is 0.538. The van der Waals surface area contributed by atoms with Gasteiger partial charge in [0.1, 0.15) is 53.9 Å². The zero-order valence-electron chi connectivity index (χ0n) is 33.0. The summed E-state index contributed by atoms with van der Waals surface area (Å²) in [7, 11) is 0. The number of carbonyl (C=O) groups excluding carboxylic acids is 5. The van der Waals surface area contributed by atoms with Crippen molar-refractivity contribution in [3.05, 3.63) is 65.7 Å². The SMILES string of the molecule is CC(C)C[C@H](NC(=O)[C@H](Cc1ccccc1)NC(=O)CNC(=O)CN(C[C@H]1OC(O)[C@H](O)[C@@H](O)[C@H]1O)C(=O)[C@H](Cc1ccc(O)cc1)NC(=O)OC(C)(C)C)C(=O)O. The summed E-state index contributed by atoms with van der Waals surface area (Å²) < 4.78 is 10.6. The highest BCUT2D eigenvalue weighted by molar-refractivity contribution is 5.93. The first-order valence-electron chi connectivity index (χ1n) is 18.7. The zero-order chi connectivity index (χ0) is 43.3. The summed E-state index contributed by atoms with van der Waals surface area (Å²) in [6.45, 7) is 6.14. The molecule has 1 heterocycles. The molecular formula is C39H55N5O14. The van der Waals surface area contributed by atoms with Gasteiger partial charge in [0.25, 0.3) is 0 Å². The number of alkyl carbamates (subject to hydrolysis) is 1. The molecule has 0 bridgehead atoms. The predicted molar refractivity (Wildman–Crippen MR) is 205 cm³/mol. The zero-order valence-corrected chi connectivity index (χ0v) is 33.0. The van der Waals surface area contributed by atoms with Gasteiger partial charge in [-0.15, -0.1) is 0 Å². The molecule has 0 saturated carbocycles. The van der Waals surface area contributed by atoms with Crippen LogP contribution in [0.5, 0.6) is 5.75 Å². The number of nitrogens with zero attached hydrogens (tertiary/aromatic N) is 1. The van der Waals surface area contributed by atoms with Crippen molar-refractivity contribution in [2.24, 2.45) is 5.92 Å². The number of carbonyl (C=O) groups is 6. The lowest BCUT2D eigenvalue weighted by Gasteiger charge is -2.40. The molecule has 0 radical (unpaired) electrons. The van der Waals surface area contributed by atoms with Crippen molar-refractivity contribution in [1.82, 2.24) is 26.2 Å². The third-order valence-electron chi connectivity index (χ3n) is 8.80. The minimum atomic E-state index is -1.98. The molecule has 1 saturated heterocycles. The van der Waals surface area contributed by atoms with Gasteiger partial charge in [0, 0.05) is 12.8 Å². The Morgan fingerprint density at radius 3 is 1.97 bits per heavy atom. The van der Waals surface area contributed by atoms with Crippen LogP contribution >= 0.6 is 0 Å². The van der Waals surface area contributed by atoms with Crippen molar-refractivity contribution in [3.63, 3.8) is 0 Å². The smallest absolute Gasteiger partial charge is 0.408 e. The quantitative estimate of drug-likeness (QED) is 0.0857. The summed E-state index contributed by atoms with van der Waals surface area (Å²) in [4.78, 5) is 79.8. The molecule has 1 fully saturated rings. The third-order valence-corrected chi connectivity index (χ3v) is 8.80. The lowest BCUT2D eigenvalue weighted by Crippen LogP contribution is -2.62. The van der Waals surface area contributed by atoms with Gasteiger partial charge in [-0.2, -0.15) is 0 Å². The van der Waals surface area contributed by atoms with Gasteiger partial charge in [-0.1, -0.05) is 56.3 Å². The van der Waals surface area contributed by atoms with Crippen LogP contribution in [0.1, 0.15) is 52.2 Å². The number of aliphatic carboxylic acids is 1. The first-order valence-corrected chi connectivity index (χ1v) is 18.7. The number of carboxylic acid groups (broad SMARTS) is 1. The van der Waals surface area contributed by atoms with E-state index in [1.165, 1.54) is 24.3 Å². The number of hydrogen-bond acceptors (Lipinski definition) is 13. The molecule has 3 rings (SSSR count). The minimum absolute atomic E-state index is 0.0220. The van der Waals surface area contributed by atoms with Gasteiger partial charge in [-0.3, -0.25) is 19.2 Å². The van der Waals surface area contributed by atoms with E-state index in [1.54, 1.807) is 65.0 Å². The number of ether oxygens (including phenoxy) is 2. The van der Waals surface area contributed by atoms with Crippen molar-refractivity contribution < 1.29 is 68.9 Å². The fourth-order valence-corrected chi connectivity index (χ4v) is 5.95. The molecule has 19 nitrogen and oxygen atoms in total. The van der Waals surface area contributed by atoms with E-state index in [0.717, 1.165) is 4.90 Å². The number of phenols is 1. The lowest BCUT2D eigenvalue weighted by atomic mass is 9.98. The molecule has 58 heavy (non-hydrogen) atoms. The maximum Gasteiger partial charge on any atom is 0.408 e. The van der Waals surface area contributed by atoms with Crippen molar-refractivity contribution in [2.45, 2.75) is 108 Å². The van der Waals surface area contributed by atoms with Crippen molar-refractivity contribution in [2.75, 3.05) is 19.6 Å². The van der Waals surface area contributed by atoms with Gasteiger partial charge < -0.3 is 66.3 Å². The van der Waals surface area contributed by atoms with E-state index in [2.05, 4.69) is 21.3 Å². The first-order chi connectivity index (χ1) is 27.1. The Hall–Kier alpha value is -5.34. The molecule has 0 aromatic heterocycles. The van der Waals surface area contributed by atoms with E-state index < -0.39 is 110 Å². The normalized spacial score (nSPS) is 20.8. The second kappa shape index (κ2) is 21.4. The van der Waals surface area contributed by atoms with Crippen LogP contribution in [0.2, 0.25) is 0 Å². The summed E-state index contributed by atoms with van der Waals surface area (Å²) in [6.07, 6.45) is -10.3. The number of carboxylic acids is 1. The van der Waals surface area contributed by atoms with Crippen LogP contribution < -0.4 is 21.3 Å². The molecule has 2 aromatic carbocycles. The molecule has 0 aliphatic carbocycles. The minimum Gasteiger partial charge on any atom is -0.508 e. The molecule has 1 aliphatic rings. The monoisotopic (exact) mass is 817 g/mol. The van der Waals surface area contributed by atoms with Gasteiger partial charge in [-0.25, -0.2) is 9.59 Å². The van der Waals surface area contributed by atoms with Crippen LogP contribution in [0.3, 0.4) is 0 Å². The Bertz CT molecular complexity index is 1700. The molecule has 320 valence electrons. The Kier molecular flexibility index (Phi) is 17.4. The average molecular weight is 818 g/mol. The Morgan fingerprint density at radius 2 is 1.38 bits per heavy atom. The second-order valence-electron chi connectivity index (χ2n) is 15.4. The van der Waals surface area contributed by atoms with Gasteiger partial charge >= 0.3 is 12.1 Å². The number of nitrogens with one attached hydrogen (secondary N) is 4. The number of aliphatic hydroxyl groups excluding tert-OH is 4. The van der Waals surface area contributed by atoms with E-state index in [1.807, 2.05) is 0 Å². The van der Waals surface area contributed by atoms with Gasteiger partial charge in [0.05, 0.1) is 19.6 Å². The first kappa shape index (κ1) is 47.0. The van der Waals surface area contributed by atoms with Gasteiger partial charge in [0.2, 0.25) is 23.6 Å². The Morgan fingerprint density at radius 1 is 0.776 bits per heavy atom. The summed E-state index contributed by atoms with van der Waals surface area (Å²) in [5, 5.41) is 70.4. The largest absolute Gasteiger partial charge is 0.508 e. The van der Waals surface area contributed by atoms with Crippen LogP contribution in [0.4, 0.5) is 4.79 Å². The van der Waals surface area contributed by atoms with E-state index in [-0.39, 0.29) is 30.9 Å². The highest BCUT2D eigenvalue weighted by Gasteiger charge is 2.44. The van der Waals surface area contributed by atoms with Crippen LogP contribution in [0.15, 0.2) is 54.6 Å². The van der Waals surface area contributed by atoms with Crippen LogP contribution in [-0.2, 0) is 46.3 Å². The van der Waals surface area contributed by atoms with E-state index in [4.69, 9.17) is 9.47 Å². The van der Waals surface area contributed by atoms with Gasteiger partial charge in [-0.05, 0) is 56.4 Å². The number of aromatic hydroxyl groups is 1. The third kappa shape index (κ3) is 15.2. The standard InChI is InChI=1S/C39H55N5O14/c1-21(2)15-27(36(53)54)42-34(51)25(16-22-9-7-6-8-10-22)41-29(46)18-40-30(47)20-44(19-28-31(48)32(49)33(50)37(55)57-28)35(52)26(43-38(56)58-39(3,4)5)17-23-11-13-24(45)14-12-23/h6-14,21,25-28,31-33,37,45,48-50,55H,15-20H2,1-5H3,(H,40,47)(H,41,46)(H,42,51)(H,43,56)(H,53,54)/t25-,26-,27-,28+,31-,32-,33+,37?/m0/s1. The van der Waals surface area contributed by atoms with Crippen molar-refractivity contribution in [3.8, 4) is 5.75 Å². The molecule has 0 spiro atoms. The predicted octanol–water partition coefficient (Wildman–Crippen LogP) is -1.08. The molecule has 10 N–H and O–H groups in total. The number of benzene rings is 2. The maximum atomic E-state index is 14.2. The molecule has 1 aliphatic heterocycles. The molecule has 2 aromatic rings. The van der Waals surface area contributed by atoms with Gasteiger partial charge in [0.15, 0.2) is 6.29 Å². The molecule has 1 unspecified atom stereocenters. The second-order valence-corrected chi connectivity index (χ2v) is 15.4. The number of aliphatic hydroxyl groups is 4. The van der Waals surface area contributed by atoms with Crippen molar-refractivity contribution in [1.29, 1.82) is 0 Å². The summed E-state index contributed by atoms with van der Waals surface area (Å²) in [6, 6.07) is 10.4. The summed E-state index contributed by atoms with van der Waals surface area (Å²) >= 11 is 0. The number of hydrogen-bond donors (Lipinski definition) is 10. The van der Waals surface area contributed by atoms with Crippen LogP contribution in [0, 0.1) is 5.92 Å². The van der Waals surface area contributed by atoms with E-state index in [0.29, 0.717) is 11.1 Å². The Labute approximate surface area is 335 Å². The van der Waals surface area contributed by atoms with E-state index in [9.17, 15) is 59.4 Å². The molecule has 19 heteroatoms. The maximum absolute atomic E-state index is 14.2. The number of rotatable bonds is 18. The fourth-order valence-electron chi connectivity index (χ4n) is 5.95. The lowest BCUT2D eigenvalue weighted by molar-refractivity contribution is -0.283. The topological polar surface area (TPSA) is 294 Å². The Balaban J connectivity index is 1.84. The molecule has 8 atom stereocenters. The highest BCUT2D eigenvalue weighted by atomic mass is 16.6. The number of amides is 5. The van der Waals surface area contributed by atoms with Crippen molar-refractivity contribution >= 4 is 35.7 Å². The van der Waals surface area contributed by atoms with E-state index >= 15 is 0 Å². The molecule has 5 amide bonds. The summed E-state index contributed by atoms with van der Waals surface area (Å²) in [5.41, 5.74) is 0.133. The van der Waals surface area contributed by atoms with Crippen LogP contribution in [-0.4, -0.2) is 145 Å². The highest BCUT2D eigenvalue weighted by Crippen LogP contribution is 2.22. The number of phenolic OH excluding ortho intramolecular Hbond substituents is 1. The summed E-state index contributed by atoms with van der Waals surface area (Å²) in [5.74, 6) is -4.89.